The highest BCUT2D eigenvalue weighted by Gasteiger charge is 2.21. The molecule has 0 radical (unpaired) electrons. The number of carbonyl (C=O) groups is 1. The number of H-pyrrole nitrogens is 1. The molecule has 6 nitrogen and oxygen atoms in total. The molecular weight excluding hydrogens is 320 g/mol. The molecule has 0 saturated carbocycles. The fraction of sp³-hybridized carbons (Fsp3) is 0.375. The number of aromatic amines is 1. The van der Waals surface area contributed by atoms with Gasteiger partial charge in [0.1, 0.15) is 5.75 Å². The van der Waals surface area contributed by atoms with Crippen molar-refractivity contribution in [2.75, 3.05) is 13.2 Å². The van der Waals surface area contributed by atoms with Gasteiger partial charge in [0.25, 0.3) is 5.91 Å². The van der Waals surface area contributed by atoms with Crippen molar-refractivity contribution in [3.8, 4) is 17.0 Å². The number of amides is 1. The Morgan fingerprint density at radius 2 is 2.33 bits per heavy atom. The summed E-state index contributed by atoms with van der Waals surface area (Å²) in [6.45, 7) is -1.72. The van der Waals surface area contributed by atoms with Gasteiger partial charge < -0.3 is 14.8 Å². The van der Waals surface area contributed by atoms with E-state index in [0.29, 0.717) is 30.0 Å². The quantitative estimate of drug-likeness (QED) is 0.879. The van der Waals surface area contributed by atoms with Gasteiger partial charge in [0.2, 0.25) is 0 Å². The van der Waals surface area contributed by atoms with E-state index in [1.54, 1.807) is 12.1 Å². The first-order chi connectivity index (χ1) is 11.6. The maximum absolute atomic E-state index is 12.5. The molecular formula is C16H17F2N3O3. The molecule has 1 amide bonds. The van der Waals surface area contributed by atoms with Gasteiger partial charge in [-0.3, -0.25) is 9.89 Å². The molecule has 1 atom stereocenters. The second-order valence-corrected chi connectivity index (χ2v) is 5.45. The molecule has 2 heterocycles. The Bertz CT molecular complexity index is 699. The summed E-state index contributed by atoms with van der Waals surface area (Å²) in [4.78, 5) is 12.5. The topological polar surface area (TPSA) is 76.2 Å². The van der Waals surface area contributed by atoms with Crippen LogP contribution in [0.4, 0.5) is 8.78 Å². The van der Waals surface area contributed by atoms with Crippen LogP contribution >= 0.6 is 0 Å². The SMILES string of the molecule is O=C(NC1CCCOC1)c1cn[nH]c1-c1cccc(OC(F)F)c1. The summed E-state index contributed by atoms with van der Waals surface area (Å²) < 4.78 is 34.4. The number of carbonyl (C=O) groups excluding carboxylic acids is 1. The van der Waals surface area contributed by atoms with Crippen molar-refractivity contribution >= 4 is 5.91 Å². The molecule has 1 unspecified atom stereocenters. The fourth-order valence-corrected chi connectivity index (χ4v) is 2.62. The van der Waals surface area contributed by atoms with Gasteiger partial charge in [-0.1, -0.05) is 12.1 Å². The number of halogens is 2. The highest BCUT2D eigenvalue weighted by Crippen LogP contribution is 2.26. The normalized spacial score (nSPS) is 17.7. The van der Waals surface area contributed by atoms with Crippen LogP contribution in [0, 0.1) is 0 Å². The summed E-state index contributed by atoms with van der Waals surface area (Å²) in [5.41, 5.74) is 1.33. The zero-order valence-corrected chi connectivity index (χ0v) is 12.8. The third-order valence-electron chi connectivity index (χ3n) is 3.73. The molecule has 1 aliphatic rings. The van der Waals surface area contributed by atoms with Crippen molar-refractivity contribution in [3.63, 3.8) is 0 Å². The van der Waals surface area contributed by atoms with Crippen LogP contribution in [-0.2, 0) is 4.74 Å². The predicted molar refractivity (Wildman–Crippen MR) is 82.0 cm³/mol. The molecule has 0 spiro atoms. The Hall–Kier alpha value is -2.48. The number of rotatable bonds is 5. The molecule has 1 fully saturated rings. The van der Waals surface area contributed by atoms with Crippen LogP contribution in [0.1, 0.15) is 23.2 Å². The number of alkyl halides is 2. The summed E-state index contributed by atoms with van der Waals surface area (Å²) in [6.07, 6.45) is 3.17. The molecule has 24 heavy (non-hydrogen) atoms. The van der Waals surface area contributed by atoms with Crippen LogP contribution in [0.3, 0.4) is 0 Å². The second-order valence-electron chi connectivity index (χ2n) is 5.45. The number of nitrogens with one attached hydrogen (secondary N) is 2. The third kappa shape index (κ3) is 3.88. The summed E-state index contributed by atoms with van der Waals surface area (Å²) in [5, 5.41) is 9.54. The van der Waals surface area contributed by atoms with E-state index < -0.39 is 6.61 Å². The standard InChI is InChI=1S/C16H17F2N3O3/c17-16(18)24-12-5-1-3-10(7-12)14-13(8-19-21-14)15(22)20-11-4-2-6-23-9-11/h1,3,5,7-8,11,16H,2,4,6,9H2,(H,19,21)(H,20,22). The minimum atomic E-state index is -2.91. The van der Waals surface area contributed by atoms with Crippen LogP contribution < -0.4 is 10.1 Å². The lowest BCUT2D eigenvalue weighted by Gasteiger charge is -2.23. The Kier molecular flexibility index (Phi) is 5.05. The zero-order valence-electron chi connectivity index (χ0n) is 12.8. The zero-order chi connectivity index (χ0) is 16.9. The van der Waals surface area contributed by atoms with Crippen molar-refractivity contribution in [2.24, 2.45) is 0 Å². The minimum absolute atomic E-state index is 0.0177. The molecule has 128 valence electrons. The van der Waals surface area contributed by atoms with E-state index in [1.807, 2.05) is 0 Å². The average Bonchev–Trinajstić information content (AvgIpc) is 3.05. The number of hydrogen-bond acceptors (Lipinski definition) is 4. The maximum Gasteiger partial charge on any atom is 0.387 e. The molecule has 1 aromatic carbocycles. The summed E-state index contributed by atoms with van der Waals surface area (Å²) in [5.74, 6) is -0.265. The van der Waals surface area contributed by atoms with Crippen molar-refractivity contribution in [1.29, 1.82) is 0 Å². The summed E-state index contributed by atoms with van der Waals surface area (Å²) in [6, 6.07) is 6.07. The predicted octanol–water partition coefficient (Wildman–Crippen LogP) is 2.59. The van der Waals surface area contributed by atoms with Crippen LogP contribution in [0.5, 0.6) is 5.75 Å². The molecule has 1 aromatic heterocycles. The van der Waals surface area contributed by atoms with Crippen LogP contribution in [0.2, 0.25) is 0 Å². The number of aromatic nitrogens is 2. The van der Waals surface area contributed by atoms with Crippen molar-refractivity contribution in [3.05, 3.63) is 36.0 Å². The molecule has 1 saturated heterocycles. The number of benzene rings is 1. The number of nitrogens with zero attached hydrogens (tertiary/aromatic N) is 1. The fourth-order valence-electron chi connectivity index (χ4n) is 2.62. The van der Waals surface area contributed by atoms with Gasteiger partial charge in [0, 0.05) is 12.2 Å². The van der Waals surface area contributed by atoms with Crippen LogP contribution in [0.15, 0.2) is 30.5 Å². The van der Waals surface area contributed by atoms with E-state index in [2.05, 4.69) is 20.3 Å². The first-order valence-electron chi connectivity index (χ1n) is 7.60. The molecule has 0 bridgehead atoms. The van der Waals surface area contributed by atoms with Crippen LogP contribution in [-0.4, -0.2) is 42.0 Å². The monoisotopic (exact) mass is 337 g/mol. The number of ether oxygens (including phenoxy) is 2. The van der Waals surface area contributed by atoms with Gasteiger partial charge in [-0.05, 0) is 25.0 Å². The average molecular weight is 337 g/mol. The van der Waals surface area contributed by atoms with E-state index in [-0.39, 0.29) is 17.7 Å². The Morgan fingerprint density at radius 1 is 1.46 bits per heavy atom. The smallest absolute Gasteiger partial charge is 0.387 e. The summed E-state index contributed by atoms with van der Waals surface area (Å²) >= 11 is 0. The van der Waals surface area contributed by atoms with Gasteiger partial charge in [0.15, 0.2) is 0 Å². The van der Waals surface area contributed by atoms with Gasteiger partial charge in [-0.15, -0.1) is 0 Å². The Balaban J connectivity index is 1.78. The van der Waals surface area contributed by atoms with Crippen LogP contribution in [0.25, 0.3) is 11.3 Å². The molecule has 2 N–H and O–H groups in total. The Morgan fingerprint density at radius 3 is 3.08 bits per heavy atom. The third-order valence-corrected chi connectivity index (χ3v) is 3.73. The lowest BCUT2D eigenvalue weighted by molar-refractivity contribution is -0.0498. The van der Waals surface area contributed by atoms with Crippen molar-refractivity contribution in [1.82, 2.24) is 15.5 Å². The van der Waals surface area contributed by atoms with Gasteiger partial charge >= 0.3 is 6.61 Å². The van der Waals surface area contributed by atoms with E-state index in [4.69, 9.17) is 4.74 Å². The van der Waals surface area contributed by atoms with Crippen molar-refractivity contribution < 1.29 is 23.0 Å². The van der Waals surface area contributed by atoms with Crippen molar-refractivity contribution in [2.45, 2.75) is 25.5 Å². The minimum Gasteiger partial charge on any atom is -0.435 e. The molecule has 2 aromatic rings. The first kappa shape index (κ1) is 16.4. The van der Waals surface area contributed by atoms with E-state index in [0.717, 1.165) is 12.8 Å². The van der Waals surface area contributed by atoms with E-state index in [9.17, 15) is 13.6 Å². The molecule has 3 rings (SSSR count). The maximum atomic E-state index is 12.5. The van der Waals surface area contributed by atoms with E-state index in [1.165, 1.54) is 18.3 Å². The lowest BCUT2D eigenvalue weighted by atomic mass is 10.1. The summed E-state index contributed by atoms with van der Waals surface area (Å²) in [7, 11) is 0. The first-order valence-corrected chi connectivity index (χ1v) is 7.60. The highest BCUT2D eigenvalue weighted by atomic mass is 19.3. The molecule has 1 aliphatic heterocycles. The Labute approximate surface area is 137 Å². The van der Waals surface area contributed by atoms with Gasteiger partial charge in [-0.2, -0.15) is 13.9 Å². The highest BCUT2D eigenvalue weighted by molar-refractivity contribution is 6.00. The van der Waals surface area contributed by atoms with Gasteiger partial charge in [-0.25, -0.2) is 0 Å². The molecule has 8 heteroatoms. The lowest BCUT2D eigenvalue weighted by Crippen LogP contribution is -2.40. The number of hydrogen-bond donors (Lipinski definition) is 2. The van der Waals surface area contributed by atoms with E-state index >= 15 is 0 Å². The second kappa shape index (κ2) is 7.39. The largest absolute Gasteiger partial charge is 0.435 e. The van der Waals surface area contributed by atoms with Gasteiger partial charge in [0.05, 0.1) is 30.1 Å². The molecule has 0 aliphatic carbocycles.